The van der Waals surface area contributed by atoms with E-state index in [1.54, 1.807) is 5.57 Å². The maximum atomic E-state index is 2.38. The van der Waals surface area contributed by atoms with Gasteiger partial charge >= 0.3 is 0 Å². The Morgan fingerprint density at radius 1 is 0.929 bits per heavy atom. The van der Waals surface area contributed by atoms with Crippen molar-refractivity contribution in [3.8, 4) is 0 Å². The molecule has 14 heavy (non-hydrogen) atoms. The van der Waals surface area contributed by atoms with Crippen LogP contribution in [0.1, 0.15) is 65.7 Å². The SMILES string of the molecule is CCC/C=C/CCC/C(C)=C/CCC. The van der Waals surface area contributed by atoms with Gasteiger partial charge in [-0.15, -0.1) is 0 Å². The zero-order chi connectivity index (χ0) is 10.6. The summed E-state index contributed by atoms with van der Waals surface area (Å²) in [6.45, 7) is 6.71. The molecule has 0 aromatic rings. The van der Waals surface area contributed by atoms with Gasteiger partial charge in [0.25, 0.3) is 0 Å². The van der Waals surface area contributed by atoms with Crippen molar-refractivity contribution in [2.45, 2.75) is 65.7 Å². The predicted molar refractivity (Wildman–Crippen MR) is 66.6 cm³/mol. The summed E-state index contributed by atoms with van der Waals surface area (Å²) in [4.78, 5) is 0. The lowest BCUT2D eigenvalue weighted by molar-refractivity contribution is 0.816. The fourth-order valence-electron chi connectivity index (χ4n) is 1.39. The Kier molecular flexibility index (Phi) is 10.2. The molecule has 0 N–H and O–H groups in total. The lowest BCUT2D eigenvalue weighted by atomic mass is 10.1. The van der Waals surface area contributed by atoms with Gasteiger partial charge in [0.05, 0.1) is 0 Å². The second-order valence-corrected chi connectivity index (χ2v) is 3.99. The van der Waals surface area contributed by atoms with Crippen LogP contribution in [0, 0.1) is 0 Å². The fourth-order valence-corrected chi connectivity index (χ4v) is 1.39. The summed E-state index contributed by atoms with van der Waals surface area (Å²) in [5.41, 5.74) is 1.57. The Balaban J connectivity index is 3.35. The molecule has 0 aliphatic heterocycles. The normalized spacial score (nSPS) is 12.6. The molecule has 0 unspecified atom stereocenters. The van der Waals surface area contributed by atoms with Gasteiger partial charge in [-0.05, 0) is 39.0 Å². The Hall–Kier alpha value is -0.520. The molecule has 0 bridgehead atoms. The highest BCUT2D eigenvalue weighted by molar-refractivity contribution is 4.98. The van der Waals surface area contributed by atoms with Crippen molar-refractivity contribution >= 4 is 0 Å². The van der Waals surface area contributed by atoms with Crippen LogP contribution < -0.4 is 0 Å². The molecule has 0 aliphatic rings. The molecule has 0 nitrogen and oxygen atoms in total. The molecule has 82 valence electrons. The molecule has 0 spiro atoms. The molecule has 0 atom stereocenters. The summed E-state index contributed by atoms with van der Waals surface area (Å²) in [6.07, 6.45) is 15.9. The highest BCUT2D eigenvalue weighted by Crippen LogP contribution is 2.08. The molecule has 0 heterocycles. The van der Waals surface area contributed by atoms with Gasteiger partial charge in [0.15, 0.2) is 0 Å². The molecule has 0 rings (SSSR count). The molecule has 0 saturated carbocycles. The van der Waals surface area contributed by atoms with Gasteiger partial charge in [-0.25, -0.2) is 0 Å². The molecule has 0 radical (unpaired) electrons. The molecule has 0 aliphatic carbocycles. The van der Waals surface area contributed by atoms with Crippen LogP contribution in [0.5, 0.6) is 0 Å². The van der Waals surface area contributed by atoms with E-state index in [4.69, 9.17) is 0 Å². The fraction of sp³-hybridized carbons (Fsp3) is 0.714. The number of hydrogen-bond donors (Lipinski definition) is 0. The molecule has 0 saturated heterocycles. The lowest BCUT2D eigenvalue weighted by Gasteiger charge is -1.98. The Bertz CT molecular complexity index is 163. The second kappa shape index (κ2) is 10.6. The summed E-state index contributed by atoms with van der Waals surface area (Å²) in [5, 5.41) is 0. The van der Waals surface area contributed by atoms with Gasteiger partial charge in [0.1, 0.15) is 0 Å². The van der Waals surface area contributed by atoms with E-state index in [1.807, 2.05) is 0 Å². The first-order valence-corrected chi connectivity index (χ1v) is 6.11. The summed E-state index contributed by atoms with van der Waals surface area (Å²) in [5.74, 6) is 0. The predicted octanol–water partition coefficient (Wildman–Crippen LogP) is 5.26. The van der Waals surface area contributed by atoms with E-state index in [9.17, 15) is 0 Å². The minimum atomic E-state index is 1.24. The summed E-state index contributed by atoms with van der Waals surface area (Å²) < 4.78 is 0. The quantitative estimate of drug-likeness (QED) is 0.365. The minimum Gasteiger partial charge on any atom is -0.0885 e. The smallest absolute Gasteiger partial charge is 0.0320 e. The average Bonchev–Trinajstić information content (AvgIpc) is 2.20. The van der Waals surface area contributed by atoms with Crippen molar-refractivity contribution in [2.75, 3.05) is 0 Å². The van der Waals surface area contributed by atoms with Crippen molar-refractivity contribution in [3.63, 3.8) is 0 Å². The zero-order valence-corrected chi connectivity index (χ0v) is 10.2. The van der Waals surface area contributed by atoms with Gasteiger partial charge in [-0.3, -0.25) is 0 Å². The first kappa shape index (κ1) is 13.5. The van der Waals surface area contributed by atoms with E-state index >= 15 is 0 Å². The summed E-state index contributed by atoms with van der Waals surface area (Å²) in [7, 11) is 0. The maximum Gasteiger partial charge on any atom is -0.0320 e. The van der Waals surface area contributed by atoms with Crippen LogP contribution in [0.25, 0.3) is 0 Å². The number of rotatable bonds is 8. The molecule has 0 aromatic carbocycles. The first-order chi connectivity index (χ1) is 6.81. The molecule has 0 heteroatoms. The second-order valence-electron chi connectivity index (χ2n) is 3.99. The van der Waals surface area contributed by atoms with E-state index in [2.05, 4.69) is 39.0 Å². The first-order valence-electron chi connectivity index (χ1n) is 6.11. The Labute approximate surface area is 90.1 Å². The van der Waals surface area contributed by atoms with Crippen LogP contribution in [0.3, 0.4) is 0 Å². The van der Waals surface area contributed by atoms with Gasteiger partial charge in [0.2, 0.25) is 0 Å². The van der Waals surface area contributed by atoms with Crippen LogP contribution in [0.2, 0.25) is 0 Å². The largest absolute Gasteiger partial charge is 0.0885 e. The maximum absolute atomic E-state index is 2.38. The minimum absolute atomic E-state index is 1.24. The van der Waals surface area contributed by atoms with E-state index in [1.165, 1.54) is 44.9 Å². The van der Waals surface area contributed by atoms with Crippen LogP contribution >= 0.6 is 0 Å². The van der Waals surface area contributed by atoms with Gasteiger partial charge in [0, 0.05) is 0 Å². The number of hydrogen-bond acceptors (Lipinski definition) is 0. The van der Waals surface area contributed by atoms with Crippen molar-refractivity contribution < 1.29 is 0 Å². The van der Waals surface area contributed by atoms with Crippen molar-refractivity contribution in [1.82, 2.24) is 0 Å². The van der Waals surface area contributed by atoms with Gasteiger partial charge < -0.3 is 0 Å². The van der Waals surface area contributed by atoms with E-state index in [-0.39, 0.29) is 0 Å². The molecular formula is C14H26. The third-order valence-corrected chi connectivity index (χ3v) is 2.35. The third kappa shape index (κ3) is 9.57. The monoisotopic (exact) mass is 194 g/mol. The third-order valence-electron chi connectivity index (χ3n) is 2.35. The van der Waals surface area contributed by atoms with Crippen LogP contribution in [0.4, 0.5) is 0 Å². The van der Waals surface area contributed by atoms with Crippen molar-refractivity contribution in [2.24, 2.45) is 0 Å². The number of allylic oxidation sites excluding steroid dienone is 4. The van der Waals surface area contributed by atoms with Crippen molar-refractivity contribution in [3.05, 3.63) is 23.8 Å². The van der Waals surface area contributed by atoms with E-state index in [0.29, 0.717) is 0 Å². The zero-order valence-electron chi connectivity index (χ0n) is 10.2. The van der Waals surface area contributed by atoms with E-state index in [0.717, 1.165) is 0 Å². The Morgan fingerprint density at radius 2 is 1.57 bits per heavy atom. The van der Waals surface area contributed by atoms with Gasteiger partial charge in [-0.1, -0.05) is 50.5 Å². The van der Waals surface area contributed by atoms with Crippen LogP contribution in [-0.4, -0.2) is 0 Å². The topological polar surface area (TPSA) is 0 Å². The van der Waals surface area contributed by atoms with Crippen LogP contribution in [0.15, 0.2) is 23.8 Å². The summed E-state index contributed by atoms with van der Waals surface area (Å²) in [6, 6.07) is 0. The molecular weight excluding hydrogens is 168 g/mol. The van der Waals surface area contributed by atoms with Crippen LogP contribution in [-0.2, 0) is 0 Å². The number of unbranched alkanes of at least 4 members (excludes halogenated alkanes) is 3. The highest BCUT2D eigenvalue weighted by atomic mass is 13.9. The average molecular weight is 194 g/mol. The molecule has 0 fully saturated rings. The molecule has 0 amide bonds. The highest BCUT2D eigenvalue weighted by Gasteiger charge is 1.88. The Morgan fingerprint density at radius 3 is 2.21 bits per heavy atom. The molecule has 0 aromatic heterocycles. The lowest BCUT2D eigenvalue weighted by Crippen LogP contribution is -1.78. The summed E-state index contributed by atoms with van der Waals surface area (Å²) >= 11 is 0. The van der Waals surface area contributed by atoms with Gasteiger partial charge in [-0.2, -0.15) is 0 Å². The van der Waals surface area contributed by atoms with Crippen molar-refractivity contribution in [1.29, 1.82) is 0 Å². The van der Waals surface area contributed by atoms with E-state index < -0.39 is 0 Å². The standard InChI is InChI=1S/C14H26/c1-4-6-8-9-10-11-13-14(3)12-7-5-2/h8-9,12H,4-7,10-11,13H2,1-3H3/b9-8+,14-12+.